The summed E-state index contributed by atoms with van der Waals surface area (Å²) in [5.41, 5.74) is 5.25. The molecule has 2 aromatic carbocycles. The molecule has 2 aliphatic rings. The van der Waals surface area contributed by atoms with Gasteiger partial charge in [0.2, 0.25) is 21.8 Å². The van der Waals surface area contributed by atoms with Crippen molar-refractivity contribution in [3.63, 3.8) is 0 Å². The normalized spacial score (nSPS) is 18.2. The van der Waals surface area contributed by atoms with Gasteiger partial charge in [0.15, 0.2) is 0 Å². The average Bonchev–Trinajstić information content (AvgIpc) is 3.16. The van der Waals surface area contributed by atoms with Gasteiger partial charge >= 0.3 is 0 Å². The Morgan fingerprint density at radius 1 is 1.03 bits per heavy atom. The van der Waals surface area contributed by atoms with Crippen molar-refractivity contribution < 1.29 is 18.0 Å². The summed E-state index contributed by atoms with van der Waals surface area (Å²) in [6.07, 6.45) is 0.603. The Hall–Kier alpha value is -2.91. The van der Waals surface area contributed by atoms with E-state index in [0.29, 0.717) is 32.6 Å². The predicted molar refractivity (Wildman–Crippen MR) is 137 cm³/mol. The van der Waals surface area contributed by atoms with E-state index < -0.39 is 10.0 Å². The molecule has 2 aromatic rings. The number of sulfonamides is 1. The highest BCUT2D eigenvalue weighted by atomic mass is 32.2. The van der Waals surface area contributed by atoms with E-state index >= 15 is 0 Å². The van der Waals surface area contributed by atoms with Gasteiger partial charge in [-0.2, -0.15) is 4.31 Å². The van der Waals surface area contributed by atoms with Crippen molar-refractivity contribution in [2.45, 2.75) is 45.1 Å². The second-order valence-corrected chi connectivity index (χ2v) is 11.6. The Morgan fingerprint density at radius 3 is 2.37 bits per heavy atom. The molecular formula is C26H34N4O4S. The van der Waals surface area contributed by atoms with Crippen LogP contribution in [0.5, 0.6) is 0 Å². The molecule has 0 unspecified atom stereocenters. The fourth-order valence-corrected chi connectivity index (χ4v) is 6.25. The van der Waals surface area contributed by atoms with Crippen LogP contribution in [-0.4, -0.2) is 75.3 Å². The molecule has 1 fully saturated rings. The highest BCUT2D eigenvalue weighted by molar-refractivity contribution is 7.89. The van der Waals surface area contributed by atoms with Gasteiger partial charge < -0.3 is 14.7 Å². The van der Waals surface area contributed by atoms with Gasteiger partial charge in [-0.15, -0.1) is 0 Å². The van der Waals surface area contributed by atoms with E-state index in [0.717, 1.165) is 15.6 Å². The van der Waals surface area contributed by atoms with Crippen molar-refractivity contribution in [1.82, 2.24) is 9.21 Å². The lowest BCUT2D eigenvalue weighted by Crippen LogP contribution is -2.51. The van der Waals surface area contributed by atoms with Gasteiger partial charge in [0.1, 0.15) is 0 Å². The third-order valence-corrected chi connectivity index (χ3v) is 9.02. The van der Waals surface area contributed by atoms with E-state index in [1.807, 2.05) is 13.0 Å². The average molecular weight is 499 g/mol. The van der Waals surface area contributed by atoms with Gasteiger partial charge in [0.25, 0.3) is 0 Å². The summed E-state index contributed by atoms with van der Waals surface area (Å²) in [7, 11) is -2.40. The first-order valence-corrected chi connectivity index (χ1v) is 13.4. The van der Waals surface area contributed by atoms with Crippen LogP contribution in [-0.2, 0) is 26.0 Å². The highest BCUT2D eigenvalue weighted by Gasteiger charge is 2.32. The standard InChI is InChI=1S/C26H34N4O4S/c1-18-7-6-8-24(20(18)3)28-11-13-29(14-12-28)26(32)17-27(5)35(33,34)23-9-10-25-22(16-23)15-19(2)30(25)21(4)31/h6-10,16,19H,11-15,17H2,1-5H3/t19-/m1/s1. The Balaban J connectivity index is 1.40. The molecule has 0 aromatic heterocycles. The molecule has 0 spiro atoms. The third kappa shape index (κ3) is 4.79. The smallest absolute Gasteiger partial charge is 0.243 e. The van der Waals surface area contributed by atoms with E-state index in [9.17, 15) is 18.0 Å². The number of fused-ring (bicyclic) bond motifs is 1. The van der Waals surface area contributed by atoms with Gasteiger partial charge in [0.05, 0.1) is 11.4 Å². The number of hydrogen-bond donors (Lipinski definition) is 0. The molecule has 0 aliphatic carbocycles. The SMILES string of the molecule is CC(=O)N1c2ccc(S(=O)(=O)N(C)CC(=O)N3CCN(c4cccc(C)c4C)CC3)cc2C[C@H]1C. The summed E-state index contributed by atoms with van der Waals surface area (Å²) in [5, 5.41) is 0. The van der Waals surface area contributed by atoms with E-state index in [4.69, 9.17) is 0 Å². The second kappa shape index (κ2) is 9.62. The Morgan fingerprint density at radius 2 is 1.71 bits per heavy atom. The lowest BCUT2D eigenvalue weighted by atomic mass is 10.1. The summed E-state index contributed by atoms with van der Waals surface area (Å²) >= 11 is 0. The lowest BCUT2D eigenvalue weighted by molar-refractivity contribution is -0.131. The first kappa shape index (κ1) is 25.2. The number of nitrogens with zero attached hydrogens (tertiary/aromatic N) is 4. The van der Waals surface area contributed by atoms with E-state index in [1.165, 1.54) is 36.9 Å². The van der Waals surface area contributed by atoms with E-state index in [2.05, 4.69) is 30.9 Å². The molecule has 0 saturated carbocycles. The number of benzene rings is 2. The van der Waals surface area contributed by atoms with Gasteiger partial charge in [-0.05, 0) is 68.1 Å². The monoisotopic (exact) mass is 498 g/mol. The molecule has 2 aliphatic heterocycles. The highest BCUT2D eigenvalue weighted by Crippen LogP contribution is 2.34. The maximum absolute atomic E-state index is 13.2. The number of likely N-dealkylation sites (N-methyl/N-ethyl adjacent to an activating group) is 1. The number of anilines is 2. The number of rotatable bonds is 5. The molecule has 2 amide bonds. The quantitative estimate of drug-likeness (QED) is 0.633. The summed E-state index contributed by atoms with van der Waals surface area (Å²) in [5.74, 6) is -0.263. The third-order valence-electron chi connectivity index (χ3n) is 7.22. The zero-order valence-electron chi connectivity index (χ0n) is 21.1. The fourth-order valence-electron chi connectivity index (χ4n) is 5.08. The zero-order valence-corrected chi connectivity index (χ0v) is 21.9. The van der Waals surface area contributed by atoms with Crippen LogP contribution in [0.4, 0.5) is 11.4 Å². The molecule has 35 heavy (non-hydrogen) atoms. The topological polar surface area (TPSA) is 81.2 Å². The molecule has 1 atom stereocenters. The summed E-state index contributed by atoms with van der Waals surface area (Å²) in [4.78, 5) is 30.8. The first-order valence-electron chi connectivity index (χ1n) is 12.0. The minimum atomic E-state index is -3.84. The number of carbonyl (C=O) groups is 2. The summed E-state index contributed by atoms with van der Waals surface area (Å²) in [6.45, 7) is 9.98. The van der Waals surface area contributed by atoms with E-state index in [-0.39, 0.29) is 29.3 Å². The molecule has 0 bridgehead atoms. The Kier molecular flexibility index (Phi) is 6.92. The molecule has 0 N–H and O–H groups in total. The largest absolute Gasteiger partial charge is 0.368 e. The van der Waals surface area contributed by atoms with Crippen molar-refractivity contribution in [2.75, 3.05) is 49.6 Å². The number of amides is 2. The zero-order chi connectivity index (χ0) is 25.5. The van der Waals surface area contributed by atoms with Gasteiger partial charge in [-0.3, -0.25) is 9.59 Å². The summed E-state index contributed by atoms with van der Waals surface area (Å²) < 4.78 is 27.6. The molecule has 2 heterocycles. The van der Waals surface area contributed by atoms with Crippen molar-refractivity contribution in [3.8, 4) is 0 Å². The number of piperazine rings is 1. The first-order chi connectivity index (χ1) is 16.5. The maximum Gasteiger partial charge on any atom is 0.243 e. The lowest BCUT2D eigenvalue weighted by Gasteiger charge is -2.37. The van der Waals surface area contributed by atoms with Gasteiger partial charge in [-0.25, -0.2) is 8.42 Å². The predicted octanol–water partition coefficient (Wildman–Crippen LogP) is 2.57. The van der Waals surface area contributed by atoms with Crippen LogP contribution in [0.15, 0.2) is 41.3 Å². The molecule has 0 radical (unpaired) electrons. The maximum atomic E-state index is 13.2. The van der Waals surface area contributed by atoms with Crippen LogP contribution in [0, 0.1) is 13.8 Å². The fraction of sp³-hybridized carbons (Fsp3) is 0.462. The Labute approximate surface area is 208 Å². The number of aryl methyl sites for hydroxylation is 1. The molecule has 9 heteroatoms. The number of carbonyl (C=O) groups excluding carboxylic acids is 2. The molecular weight excluding hydrogens is 464 g/mol. The Bertz CT molecular complexity index is 1250. The molecule has 8 nitrogen and oxygen atoms in total. The van der Waals surface area contributed by atoms with Crippen LogP contribution in [0.2, 0.25) is 0 Å². The number of hydrogen-bond acceptors (Lipinski definition) is 5. The van der Waals surface area contributed by atoms with Crippen LogP contribution in [0.1, 0.15) is 30.5 Å². The van der Waals surface area contributed by atoms with Crippen LogP contribution >= 0.6 is 0 Å². The minimum absolute atomic E-state index is 0.0120. The van der Waals surface area contributed by atoms with Crippen molar-refractivity contribution in [3.05, 3.63) is 53.1 Å². The van der Waals surface area contributed by atoms with Gasteiger partial charge in [-0.1, -0.05) is 12.1 Å². The van der Waals surface area contributed by atoms with E-state index in [1.54, 1.807) is 21.9 Å². The molecule has 188 valence electrons. The molecule has 4 rings (SSSR count). The van der Waals surface area contributed by atoms with Crippen LogP contribution in [0.3, 0.4) is 0 Å². The second-order valence-electron chi connectivity index (χ2n) is 9.58. The van der Waals surface area contributed by atoms with Crippen LogP contribution < -0.4 is 9.80 Å². The van der Waals surface area contributed by atoms with Crippen molar-refractivity contribution >= 4 is 33.2 Å². The van der Waals surface area contributed by atoms with Crippen molar-refractivity contribution in [2.24, 2.45) is 0 Å². The van der Waals surface area contributed by atoms with Crippen LogP contribution in [0.25, 0.3) is 0 Å². The molecule has 1 saturated heterocycles. The summed E-state index contributed by atoms with van der Waals surface area (Å²) in [6, 6.07) is 11.1. The minimum Gasteiger partial charge on any atom is -0.368 e. The van der Waals surface area contributed by atoms with Gasteiger partial charge in [0, 0.05) is 57.6 Å². The van der Waals surface area contributed by atoms with Crippen molar-refractivity contribution in [1.29, 1.82) is 0 Å².